The molecule has 0 bridgehead atoms. The zero-order chi connectivity index (χ0) is 17.8. The summed E-state index contributed by atoms with van der Waals surface area (Å²) in [6, 6.07) is 6.36. The Morgan fingerprint density at radius 2 is 2.24 bits per heavy atom. The van der Waals surface area contributed by atoms with E-state index in [1.165, 1.54) is 12.3 Å². The minimum Gasteiger partial charge on any atom is -0.378 e. The smallest absolute Gasteiger partial charge is 0.277 e. The van der Waals surface area contributed by atoms with Crippen molar-refractivity contribution < 1.29 is 14.5 Å². The average Bonchev–Trinajstić information content (AvgIpc) is 2.61. The predicted molar refractivity (Wildman–Crippen MR) is 94.4 cm³/mol. The number of fused-ring (bicyclic) bond motifs is 1. The number of aromatic nitrogens is 1. The number of nitro groups is 1. The molecular formula is C18H21N3O4. The van der Waals surface area contributed by atoms with Crippen LogP contribution >= 0.6 is 0 Å². The van der Waals surface area contributed by atoms with Gasteiger partial charge >= 0.3 is 0 Å². The fourth-order valence-electron chi connectivity index (χ4n) is 3.32. The van der Waals surface area contributed by atoms with Crippen molar-refractivity contribution in [3.05, 3.63) is 40.6 Å². The Balaban J connectivity index is 1.75. The molecule has 0 spiro atoms. The van der Waals surface area contributed by atoms with Crippen LogP contribution in [0.5, 0.6) is 0 Å². The topological polar surface area (TPSA) is 94.4 Å². The molecule has 1 amide bonds. The van der Waals surface area contributed by atoms with Gasteiger partial charge in [0.05, 0.1) is 16.4 Å². The van der Waals surface area contributed by atoms with Crippen molar-refractivity contribution in [2.45, 2.75) is 38.7 Å². The van der Waals surface area contributed by atoms with E-state index in [1.54, 1.807) is 18.2 Å². The van der Waals surface area contributed by atoms with Crippen LogP contribution in [-0.2, 0) is 9.53 Å². The second kappa shape index (κ2) is 7.57. The Labute approximate surface area is 145 Å². The fourth-order valence-corrected chi connectivity index (χ4v) is 3.32. The van der Waals surface area contributed by atoms with Gasteiger partial charge in [-0.15, -0.1) is 0 Å². The number of nitrogens with zero attached hydrogens (tertiary/aromatic N) is 2. The third-order valence-electron chi connectivity index (χ3n) is 4.64. The zero-order valence-corrected chi connectivity index (χ0v) is 14.1. The van der Waals surface area contributed by atoms with Gasteiger partial charge in [-0.1, -0.05) is 19.1 Å². The Morgan fingerprint density at radius 1 is 1.40 bits per heavy atom. The molecular weight excluding hydrogens is 322 g/mol. The van der Waals surface area contributed by atoms with Gasteiger partial charge in [0.2, 0.25) is 5.91 Å². The molecule has 1 aliphatic heterocycles. The normalized spacial score (nSPS) is 20.4. The summed E-state index contributed by atoms with van der Waals surface area (Å²) in [7, 11) is 0. The maximum Gasteiger partial charge on any atom is 0.277 e. The summed E-state index contributed by atoms with van der Waals surface area (Å²) >= 11 is 0. The lowest BCUT2D eigenvalue weighted by molar-refractivity contribution is -0.383. The van der Waals surface area contributed by atoms with E-state index < -0.39 is 4.92 Å². The quantitative estimate of drug-likeness (QED) is 0.660. The molecule has 1 aliphatic rings. The molecule has 132 valence electrons. The van der Waals surface area contributed by atoms with Gasteiger partial charge in [0.25, 0.3) is 5.69 Å². The maximum absolute atomic E-state index is 12.4. The number of non-ortho nitro benzene ring substituents is 1. The maximum atomic E-state index is 12.4. The summed E-state index contributed by atoms with van der Waals surface area (Å²) < 4.78 is 5.64. The van der Waals surface area contributed by atoms with E-state index in [1.807, 2.05) is 0 Å². The van der Waals surface area contributed by atoms with Crippen LogP contribution in [0.4, 0.5) is 11.5 Å². The predicted octanol–water partition coefficient (Wildman–Crippen LogP) is 3.68. The first-order valence-electron chi connectivity index (χ1n) is 8.52. The molecule has 1 saturated heterocycles. The van der Waals surface area contributed by atoms with Crippen LogP contribution in [0.25, 0.3) is 10.8 Å². The Kier molecular flexibility index (Phi) is 5.23. The van der Waals surface area contributed by atoms with Crippen LogP contribution < -0.4 is 5.32 Å². The lowest BCUT2D eigenvalue weighted by Crippen LogP contribution is -2.28. The first kappa shape index (κ1) is 17.3. The molecule has 1 fully saturated rings. The summed E-state index contributed by atoms with van der Waals surface area (Å²) in [5, 5.41) is 15.0. The molecule has 2 atom stereocenters. The SMILES string of the molecule is CCC1CC(CC(=O)Nc2nccc3c([N+](=O)[O-])cccc23)CCO1. The number of benzene rings is 1. The molecule has 2 aromatic rings. The van der Waals surface area contributed by atoms with E-state index >= 15 is 0 Å². The molecule has 7 heteroatoms. The number of carbonyl (C=O) groups is 1. The monoisotopic (exact) mass is 343 g/mol. The van der Waals surface area contributed by atoms with Crippen LogP contribution in [-0.4, -0.2) is 28.5 Å². The number of rotatable bonds is 5. The standard InChI is InChI=1S/C18H21N3O4/c1-2-13-10-12(7-9-25-13)11-17(22)20-18-15-4-3-5-16(21(23)24)14(15)6-8-19-18/h3-6,8,12-13H,2,7,9-11H2,1H3,(H,19,20,22). The second-order valence-corrected chi connectivity index (χ2v) is 6.33. The number of hydrogen-bond donors (Lipinski definition) is 1. The van der Waals surface area contributed by atoms with E-state index in [4.69, 9.17) is 4.74 Å². The van der Waals surface area contributed by atoms with Crippen LogP contribution in [0.3, 0.4) is 0 Å². The molecule has 2 heterocycles. The minimum absolute atomic E-state index is 0.00520. The molecule has 3 rings (SSSR count). The highest BCUT2D eigenvalue weighted by atomic mass is 16.6. The molecule has 0 saturated carbocycles. The van der Waals surface area contributed by atoms with Crippen molar-refractivity contribution in [3.8, 4) is 0 Å². The van der Waals surface area contributed by atoms with Gasteiger partial charge in [-0.25, -0.2) is 4.98 Å². The highest BCUT2D eigenvalue weighted by molar-refractivity contribution is 6.03. The number of ether oxygens (including phenoxy) is 1. The van der Waals surface area contributed by atoms with E-state index in [0.29, 0.717) is 35.5 Å². The van der Waals surface area contributed by atoms with Gasteiger partial charge < -0.3 is 10.1 Å². The van der Waals surface area contributed by atoms with Gasteiger partial charge in [0.15, 0.2) is 0 Å². The summed E-state index contributed by atoms with van der Waals surface area (Å²) in [5.74, 6) is 0.543. The summed E-state index contributed by atoms with van der Waals surface area (Å²) in [6.45, 7) is 2.77. The molecule has 1 aromatic heterocycles. The number of nitro benzene ring substituents is 1. The summed E-state index contributed by atoms with van der Waals surface area (Å²) in [5.41, 5.74) is 0.00520. The Hall–Kier alpha value is -2.54. The molecule has 25 heavy (non-hydrogen) atoms. The van der Waals surface area contributed by atoms with Gasteiger partial charge in [-0.2, -0.15) is 0 Å². The number of hydrogen-bond acceptors (Lipinski definition) is 5. The number of amides is 1. The minimum atomic E-state index is -0.430. The first-order chi connectivity index (χ1) is 12.1. The van der Waals surface area contributed by atoms with Crippen molar-refractivity contribution in [2.75, 3.05) is 11.9 Å². The van der Waals surface area contributed by atoms with Crippen LogP contribution in [0.15, 0.2) is 30.5 Å². The van der Waals surface area contributed by atoms with Gasteiger partial charge in [-0.05, 0) is 31.2 Å². The third-order valence-corrected chi connectivity index (χ3v) is 4.64. The van der Waals surface area contributed by atoms with E-state index in [0.717, 1.165) is 19.3 Å². The number of anilines is 1. The van der Waals surface area contributed by atoms with Crippen LogP contribution in [0, 0.1) is 16.0 Å². The molecule has 0 radical (unpaired) electrons. The average molecular weight is 343 g/mol. The number of pyridine rings is 1. The van der Waals surface area contributed by atoms with Crippen LogP contribution in [0.2, 0.25) is 0 Å². The van der Waals surface area contributed by atoms with Gasteiger partial charge in [0, 0.05) is 30.7 Å². The largest absolute Gasteiger partial charge is 0.378 e. The second-order valence-electron chi connectivity index (χ2n) is 6.33. The van der Waals surface area contributed by atoms with E-state index in [9.17, 15) is 14.9 Å². The molecule has 7 nitrogen and oxygen atoms in total. The Morgan fingerprint density at radius 3 is 3.00 bits per heavy atom. The number of nitrogens with one attached hydrogen (secondary N) is 1. The lowest BCUT2D eigenvalue weighted by atomic mass is 9.91. The first-order valence-corrected chi connectivity index (χ1v) is 8.52. The molecule has 1 aromatic carbocycles. The molecule has 2 unspecified atom stereocenters. The highest BCUT2D eigenvalue weighted by Crippen LogP contribution is 2.30. The molecule has 0 aliphatic carbocycles. The Bertz CT molecular complexity index is 793. The summed E-state index contributed by atoms with van der Waals surface area (Å²) in [6.07, 6.45) is 4.83. The van der Waals surface area contributed by atoms with Crippen molar-refractivity contribution in [3.63, 3.8) is 0 Å². The van der Waals surface area contributed by atoms with Crippen molar-refractivity contribution >= 4 is 28.2 Å². The summed E-state index contributed by atoms with van der Waals surface area (Å²) in [4.78, 5) is 27.3. The highest BCUT2D eigenvalue weighted by Gasteiger charge is 2.24. The number of carbonyl (C=O) groups excluding carboxylic acids is 1. The third kappa shape index (κ3) is 3.93. The van der Waals surface area contributed by atoms with E-state index in [2.05, 4.69) is 17.2 Å². The van der Waals surface area contributed by atoms with Gasteiger partial charge in [-0.3, -0.25) is 14.9 Å². The lowest BCUT2D eigenvalue weighted by Gasteiger charge is -2.28. The fraction of sp³-hybridized carbons (Fsp3) is 0.444. The van der Waals surface area contributed by atoms with Gasteiger partial charge in [0.1, 0.15) is 5.82 Å². The van der Waals surface area contributed by atoms with Crippen molar-refractivity contribution in [1.29, 1.82) is 0 Å². The van der Waals surface area contributed by atoms with Crippen molar-refractivity contribution in [1.82, 2.24) is 4.98 Å². The van der Waals surface area contributed by atoms with E-state index in [-0.39, 0.29) is 17.7 Å². The zero-order valence-electron chi connectivity index (χ0n) is 14.1. The van der Waals surface area contributed by atoms with Crippen LogP contribution in [0.1, 0.15) is 32.6 Å². The van der Waals surface area contributed by atoms with Crippen molar-refractivity contribution in [2.24, 2.45) is 5.92 Å². The molecule has 1 N–H and O–H groups in total.